The van der Waals surface area contributed by atoms with Crippen molar-refractivity contribution in [2.24, 2.45) is 0 Å². The highest BCUT2D eigenvalue weighted by Gasteiger charge is 2.41. The van der Waals surface area contributed by atoms with Gasteiger partial charge in [-0.3, -0.25) is 4.90 Å². The molecule has 2 aliphatic heterocycles. The van der Waals surface area contributed by atoms with E-state index < -0.39 is 0 Å². The van der Waals surface area contributed by atoms with Crippen LogP contribution in [-0.2, 0) is 4.74 Å². The summed E-state index contributed by atoms with van der Waals surface area (Å²) in [6.45, 7) is 0.664. The zero-order valence-corrected chi connectivity index (χ0v) is 6.62. The molecule has 2 rings (SSSR count). The molecule has 0 aromatic rings. The van der Waals surface area contributed by atoms with Gasteiger partial charge in [0.2, 0.25) is 0 Å². The fourth-order valence-corrected chi connectivity index (χ4v) is 1.70. The molecule has 3 nitrogen and oxygen atoms in total. The first kappa shape index (κ1) is 6.98. The number of alkyl halides is 1. The van der Waals surface area contributed by atoms with Crippen LogP contribution >= 0.6 is 11.6 Å². The third-order valence-electron chi connectivity index (χ3n) is 2.01. The average molecular weight is 174 g/mol. The number of carbonyl (C=O) groups excluding carboxylic acids is 1. The highest BCUT2D eigenvalue weighted by Crippen LogP contribution is 2.24. The molecule has 1 saturated heterocycles. The number of nitrogens with zero attached hydrogens (tertiary/aromatic N) is 1. The molecule has 0 N–H and O–H groups in total. The molecule has 0 saturated carbocycles. The highest BCUT2D eigenvalue weighted by atomic mass is 35.5. The van der Waals surface area contributed by atoms with Crippen LogP contribution in [0.4, 0.5) is 4.79 Å². The molecule has 0 aromatic carbocycles. The second-order valence-corrected chi connectivity index (χ2v) is 2.96. The van der Waals surface area contributed by atoms with Crippen molar-refractivity contribution >= 4 is 17.7 Å². The van der Waals surface area contributed by atoms with Gasteiger partial charge in [-0.2, -0.15) is 0 Å². The van der Waals surface area contributed by atoms with Crippen molar-refractivity contribution in [2.75, 3.05) is 12.4 Å². The predicted octanol–water partition coefficient (Wildman–Crippen LogP) is 0.984. The van der Waals surface area contributed by atoms with Crippen LogP contribution in [0, 0.1) is 0 Å². The largest absolute Gasteiger partial charge is 0.442 e. The SMILES string of the molecule is O=C1O[C@H](CCl)[C@H]2C=CCN12. The number of amides is 1. The van der Waals surface area contributed by atoms with Crippen molar-refractivity contribution in [3.05, 3.63) is 12.2 Å². The first-order chi connectivity index (χ1) is 5.33. The Morgan fingerprint density at radius 3 is 3.36 bits per heavy atom. The van der Waals surface area contributed by atoms with E-state index in [4.69, 9.17) is 16.3 Å². The van der Waals surface area contributed by atoms with Gasteiger partial charge in [0.15, 0.2) is 0 Å². The van der Waals surface area contributed by atoms with Crippen LogP contribution in [0.1, 0.15) is 0 Å². The maximum Gasteiger partial charge on any atom is 0.411 e. The monoisotopic (exact) mass is 173 g/mol. The van der Waals surface area contributed by atoms with Gasteiger partial charge < -0.3 is 4.74 Å². The Balaban J connectivity index is 2.18. The second kappa shape index (κ2) is 2.41. The normalized spacial score (nSPS) is 34.3. The maximum absolute atomic E-state index is 11.0. The van der Waals surface area contributed by atoms with E-state index in [2.05, 4.69) is 0 Å². The van der Waals surface area contributed by atoms with Crippen molar-refractivity contribution in [2.45, 2.75) is 12.1 Å². The molecule has 2 aliphatic rings. The molecule has 11 heavy (non-hydrogen) atoms. The molecule has 4 heteroatoms. The van der Waals surface area contributed by atoms with Crippen LogP contribution in [0.25, 0.3) is 0 Å². The topological polar surface area (TPSA) is 29.5 Å². The Morgan fingerprint density at radius 1 is 1.82 bits per heavy atom. The smallest absolute Gasteiger partial charge is 0.411 e. The summed E-state index contributed by atoms with van der Waals surface area (Å²) < 4.78 is 4.98. The van der Waals surface area contributed by atoms with Gasteiger partial charge in [-0.1, -0.05) is 12.2 Å². The van der Waals surface area contributed by atoms with Crippen molar-refractivity contribution in [1.29, 1.82) is 0 Å². The van der Waals surface area contributed by atoms with Gasteiger partial charge in [0.1, 0.15) is 6.10 Å². The molecule has 0 bridgehead atoms. The van der Waals surface area contributed by atoms with Crippen LogP contribution in [-0.4, -0.2) is 35.6 Å². The van der Waals surface area contributed by atoms with Crippen molar-refractivity contribution in [1.82, 2.24) is 4.90 Å². The minimum Gasteiger partial charge on any atom is -0.442 e. The van der Waals surface area contributed by atoms with E-state index in [0.717, 1.165) is 0 Å². The Hall–Kier alpha value is -0.700. The van der Waals surface area contributed by atoms with Crippen LogP contribution in [0.15, 0.2) is 12.2 Å². The molecule has 2 heterocycles. The molecule has 1 amide bonds. The van der Waals surface area contributed by atoms with Crippen LogP contribution in [0.2, 0.25) is 0 Å². The molecular formula is C7H8ClNO2. The van der Waals surface area contributed by atoms with Crippen molar-refractivity contribution in [3.8, 4) is 0 Å². The van der Waals surface area contributed by atoms with E-state index in [9.17, 15) is 4.79 Å². The lowest BCUT2D eigenvalue weighted by Gasteiger charge is -2.12. The van der Waals surface area contributed by atoms with Gasteiger partial charge in [0.05, 0.1) is 11.9 Å². The molecule has 60 valence electrons. The molecule has 0 spiro atoms. The first-order valence-corrected chi connectivity index (χ1v) is 4.06. The standard InChI is InChI=1S/C7H8ClNO2/c8-4-6-5-2-1-3-9(5)7(10)11-6/h1-2,5-6H,3-4H2/t5-,6-/m1/s1. The number of ether oxygens (including phenoxy) is 1. The molecule has 2 atom stereocenters. The zero-order chi connectivity index (χ0) is 7.84. The van der Waals surface area contributed by atoms with Gasteiger partial charge in [0, 0.05) is 6.54 Å². The highest BCUT2D eigenvalue weighted by molar-refractivity contribution is 6.18. The lowest BCUT2D eigenvalue weighted by Crippen LogP contribution is -2.31. The summed E-state index contributed by atoms with van der Waals surface area (Å²) >= 11 is 5.60. The van der Waals surface area contributed by atoms with E-state index in [-0.39, 0.29) is 18.2 Å². The van der Waals surface area contributed by atoms with Gasteiger partial charge in [0.25, 0.3) is 0 Å². The number of rotatable bonds is 1. The number of hydrogen-bond acceptors (Lipinski definition) is 2. The van der Waals surface area contributed by atoms with Crippen molar-refractivity contribution < 1.29 is 9.53 Å². The summed E-state index contributed by atoms with van der Waals surface area (Å²) in [7, 11) is 0. The average Bonchev–Trinajstić information content (AvgIpc) is 2.54. The molecule has 0 aliphatic carbocycles. The summed E-state index contributed by atoms with van der Waals surface area (Å²) in [6, 6.07) is 0.0833. The third kappa shape index (κ3) is 0.913. The second-order valence-electron chi connectivity index (χ2n) is 2.65. The van der Waals surface area contributed by atoms with E-state index in [0.29, 0.717) is 12.4 Å². The predicted molar refractivity (Wildman–Crippen MR) is 40.6 cm³/mol. The summed E-state index contributed by atoms with van der Waals surface area (Å²) in [5, 5.41) is 0. The van der Waals surface area contributed by atoms with E-state index in [1.54, 1.807) is 4.90 Å². The summed E-state index contributed by atoms with van der Waals surface area (Å²) in [4.78, 5) is 12.7. The fraction of sp³-hybridized carbons (Fsp3) is 0.571. The van der Waals surface area contributed by atoms with Gasteiger partial charge in [-0.05, 0) is 0 Å². The maximum atomic E-state index is 11.0. The number of hydrogen-bond donors (Lipinski definition) is 0. The number of carbonyl (C=O) groups is 1. The number of fused-ring (bicyclic) bond motifs is 1. The molecule has 0 aromatic heterocycles. The first-order valence-electron chi connectivity index (χ1n) is 3.53. The number of halogens is 1. The summed E-state index contributed by atoms with van der Waals surface area (Å²) in [5.74, 6) is 0.372. The van der Waals surface area contributed by atoms with Gasteiger partial charge in [-0.15, -0.1) is 11.6 Å². The van der Waals surface area contributed by atoms with Crippen LogP contribution in [0.3, 0.4) is 0 Å². The zero-order valence-electron chi connectivity index (χ0n) is 5.87. The molecular weight excluding hydrogens is 166 g/mol. The van der Waals surface area contributed by atoms with Crippen LogP contribution < -0.4 is 0 Å². The van der Waals surface area contributed by atoms with Gasteiger partial charge >= 0.3 is 6.09 Å². The summed E-state index contributed by atoms with van der Waals surface area (Å²) in [5.41, 5.74) is 0. The number of cyclic esters (lactones) is 1. The Morgan fingerprint density at radius 2 is 2.64 bits per heavy atom. The van der Waals surface area contributed by atoms with Gasteiger partial charge in [-0.25, -0.2) is 4.79 Å². The Kier molecular flexibility index (Phi) is 1.53. The quantitative estimate of drug-likeness (QED) is 0.437. The lowest BCUT2D eigenvalue weighted by atomic mass is 10.2. The van der Waals surface area contributed by atoms with Crippen LogP contribution in [0.5, 0.6) is 0 Å². The lowest BCUT2D eigenvalue weighted by molar-refractivity contribution is 0.139. The van der Waals surface area contributed by atoms with Crippen molar-refractivity contribution in [3.63, 3.8) is 0 Å². The molecule has 0 radical (unpaired) electrons. The summed E-state index contributed by atoms with van der Waals surface area (Å²) in [6.07, 6.45) is 3.54. The van der Waals surface area contributed by atoms with E-state index in [1.165, 1.54) is 0 Å². The minimum absolute atomic E-state index is 0.0833. The Bertz CT molecular complexity index is 216. The third-order valence-corrected chi connectivity index (χ3v) is 2.32. The molecule has 1 fully saturated rings. The minimum atomic E-state index is -0.245. The Labute approximate surface area is 69.6 Å². The van der Waals surface area contributed by atoms with E-state index in [1.807, 2.05) is 12.2 Å². The molecule has 0 unspecified atom stereocenters. The fourth-order valence-electron chi connectivity index (χ4n) is 1.45. The van der Waals surface area contributed by atoms with E-state index >= 15 is 0 Å².